The van der Waals surface area contributed by atoms with Gasteiger partial charge < -0.3 is 4.57 Å². The van der Waals surface area contributed by atoms with Gasteiger partial charge in [-0.25, -0.2) is 30.7 Å². The molecule has 0 spiro atoms. The van der Waals surface area contributed by atoms with Crippen LogP contribution < -0.4 is 4.72 Å². The predicted octanol–water partition coefficient (Wildman–Crippen LogP) is 5.42. The normalized spacial score (nSPS) is 16.0. The van der Waals surface area contributed by atoms with E-state index in [9.17, 15) is 21.6 Å². The van der Waals surface area contributed by atoms with Crippen molar-refractivity contribution in [1.82, 2.24) is 14.3 Å². The lowest BCUT2D eigenvalue weighted by molar-refractivity contribution is 0.109. The van der Waals surface area contributed by atoms with Crippen molar-refractivity contribution in [2.75, 3.05) is 0 Å². The molecule has 1 N–H and O–H groups in total. The summed E-state index contributed by atoms with van der Waals surface area (Å²) in [5, 5.41) is -0.544. The summed E-state index contributed by atoms with van der Waals surface area (Å²) in [4.78, 5) is 3.93. The summed E-state index contributed by atoms with van der Waals surface area (Å²) >= 11 is 0. The maximum Gasteiger partial charge on any atom is 0.258 e. The molecule has 1 aliphatic rings. The zero-order chi connectivity index (χ0) is 24.1. The first-order chi connectivity index (χ1) is 15.4. The SMILES string of the molecule is CC(C)(C)Cn1cc([C@H](NS(=O)(=O)C2CC2)C(F)F)c2cc(F)c(-c3ncccc3F)cc21. The molecule has 0 saturated heterocycles. The van der Waals surface area contributed by atoms with E-state index >= 15 is 4.39 Å². The molecule has 0 aliphatic heterocycles. The Morgan fingerprint density at radius 2 is 1.88 bits per heavy atom. The Morgan fingerprint density at radius 3 is 2.45 bits per heavy atom. The quantitative estimate of drug-likeness (QED) is 0.457. The molecule has 0 bridgehead atoms. The van der Waals surface area contributed by atoms with E-state index in [0.717, 1.165) is 12.1 Å². The Labute approximate surface area is 189 Å². The first-order valence-corrected chi connectivity index (χ1v) is 12.1. The van der Waals surface area contributed by atoms with Gasteiger partial charge in [-0.15, -0.1) is 0 Å². The molecular formula is C23H25F4N3O2S. The van der Waals surface area contributed by atoms with Gasteiger partial charge in [0.05, 0.1) is 5.25 Å². The fourth-order valence-electron chi connectivity index (χ4n) is 3.89. The third-order valence-electron chi connectivity index (χ3n) is 5.50. The molecule has 178 valence electrons. The summed E-state index contributed by atoms with van der Waals surface area (Å²) in [6.07, 6.45) is 0.555. The first kappa shape index (κ1) is 23.7. The van der Waals surface area contributed by atoms with Gasteiger partial charge in [-0.05, 0) is 42.5 Å². The Balaban J connectivity index is 1.91. The van der Waals surface area contributed by atoms with Gasteiger partial charge in [-0.1, -0.05) is 20.8 Å². The highest BCUT2D eigenvalue weighted by Gasteiger charge is 2.40. The van der Waals surface area contributed by atoms with Crippen LogP contribution in [0.2, 0.25) is 0 Å². The van der Waals surface area contributed by atoms with Gasteiger partial charge in [-0.3, -0.25) is 4.98 Å². The summed E-state index contributed by atoms with van der Waals surface area (Å²) in [5.41, 5.74) is -0.213. The van der Waals surface area contributed by atoms with Gasteiger partial charge in [0.15, 0.2) is 0 Å². The number of nitrogens with zero attached hydrogens (tertiary/aromatic N) is 2. The molecule has 1 fully saturated rings. The topological polar surface area (TPSA) is 64.0 Å². The summed E-state index contributed by atoms with van der Waals surface area (Å²) in [6, 6.07) is 3.13. The number of alkyl halides is 2. The van der Waals surface area contributed by atoms with E-state index in [2.05, 4.69) is 9.71 Å². The van der Waals surface area contributed by atoms with Gasteiger partial charge in [0, 0.05) is 41.0 Å². The summed E-state index contributed by atoms with van der Waals surface area (Å²) < 4.78 is 86.2. The number of sulfonamides is 1. The highest BCUT2D eigenvalue weighted by Crippen LogP contribution is 2.37. The van der Waals surface area contributed by atoms with Crippen LogP contribution in [0.4, 0.5) is 17.6 Å². The van der Waals surface area contributed by atoms with E-state index < -0.39 is 39.4 Å². The fourth-order valence-corrected chi connectivity index (χ4v) is 5.43. The van der Waals surface area contributed by atoms with Crippen LogP contribution in [0, 0.1) is 17.0 Å². The van der Waals surface area contributed by atoms with Gasteiger partial charge in [-0.2, -0.15) is 0 Å². The molecule has 0 radical (unpaired) electrons. The van der Waals surface area contributed by atoms with Crippen LogP contribution >= 0.6 is 0 Å². The van der Waals surface area contributed by atoms with E-state index in [0.29, 0.717) is 24.9 Å². The number of nitrogens with one attached hydrogen (secondary N) is 1. The van der Waals surface area contributed by atoms with E-state index in [1.165, 1.54) is 24.5 Å². The molecule has 0 unspecified atom stereocenters. The number of benzene rings is 1. The van der Waals surface area contributed by atoms with Gasteiger partial charge in [0.1, 0.15) is 23.4 Å². The van der Waals surface area contributed by atoms with Crippen molar-refractivity contribution in [2.24, 2.45) is 5.41 Å². The summed E-state index contributed by atoms with van der Waals surface area (Å²) in [6.45, 7) is 6.22. The molecule has 10 heteroatoms. The number of pyridine rings is 1. The van der Waals surface area contributed by atoms with Crippen LogP contribution in [-0.2, 0) is 16.6 Å². The Morgan fingerprint density at radius 1 is 1.18 bits per heavy atom. The number of fused-ring (bicyclic) bond motifs is 1. The molecule has 2 heterocycles. The van der Waals surface area contributed by atoms with Gasteiger partial charge >= 0.3 is 0 Å². The van der Waals surface area contributed by atoms with Crippen LogP contribution in [0.1, 0.15) is 45.2 Å². The van der Waals surface area contributed by atoms with E-state index in [4.69, 9.17) is 0 Å². The smallest absolute Gasteiger partial charge is 0.258 e. The standard InChI is InChI=1S/C23H25F4N3O2S/c1-23(2,3)12-30-11-16(21(22(26)27)29-33(31,32)13-6-7-13)14-9-18(25)15(10-19(14)30)20-17(24)5-4-8-28-20/h4-5,8-11,13,21-22,29H,6-7,12H2,1-3H3/t21-/m0/s1. The second-order valence-electron chi connectivity index (χ2n) is 9.63. The molecule has 2 aromatic heterocycles. The minimum atomic E-state index is -3.93. The molecule has 1 saturated carbocycles. The van der Waals surface area contributed by atoms with Crippen molar-refractivity contribution in [2.45, 2.75) is 57.9 Å². The molecule has 1 aliphatic carbocycles. The average Bonchev–Trinajstić information content (AvgIpc) is 3.51. The highest BCUT2D eigenvalue weighted by atomic mass is 32.2. The largest absolute Gasteiger partial charge is 0.347 e. The lowest BCUT2D eigenvalue weighted by atomic mass is 9.97. The molecule has 1 aromatic carbocycles. The second-order valence-corrected chi connectivity index (χ2v) is 11.6. The zero-order valence-corrected chi connectivity index (χ0v) is 19.3. The van der Waals surface area contributed by atoms with E-state index in [1.54, 1.807) is 4.57 Å². The van der Waals surface area contributed by atoms with Gasteiger partial charge in [0.25, 0.3) is 6.43 Å². The minimum absolute atomic E-state index is 0.0274. The summed E-state index contributed by atoms with van der Waals surface area (Å²) in [5.74, 6) is -1.56. The number of halogens is 4. The third-order valence-corrected chi connectivity index (χ3v) is 7.43. The van der Waals surface area contributed by atoms with Crippen molar-refractivity contribution in [3.8, 4) is 11.3 Å². The molecule has 33 heavy (non-hydrogen) atoms. The van der Waals surface area contributed by atoms with Crippen LogP contribution in [0.5, 0.6) is 0 Å². The van der Waals surface area contributed by atoms with Crippen LogP contribution in [0.25, 0.3) is 22.2 Å². The van der Waals surface area contributed by atoms with Crippen molar-refractivity contribution in [3.05, 3.63) is 53.9 Å². The van der Waals surface area contributed by atoms with Crippen molar-refractivity contribution in [3.63, 3.8) is 0 Å². The van der Waals surface area contributed by atoms with Gasteiger partial charge in [0.2, 0.25) is 10.0 Å². The van der Waals surface area contributed by atoms with Crippen molar-refractivity contribution >= 4 is 20.9 Å². The number of hydrogen-bond donors (Lipinski definition) is 1. The molecular weight excluding hydrogens is 458 g/mol. The Hall–Kier alpha value is -2.46. The Kier molecular flexibility index (Phi) is 6.03. The predicted molar refractivity (Wildman–Crippen MR) is 118 cm³/mol. The molecule has 5 nitrogen and oxygen atoms in total. The van der Waals surface area contributed by atoms with Crippen LogP contribution in [0.3, 0.4) is 0 Å². The minimum Gasteiger partial charge on any atom is -0.347 e. The monoisotopic (exact) mass is 483 g/mol. The molecule has 1 atom stereocenters. The van der Waals surface area contributed by atoms with Crippen molar-refractivity contribution < 1.29 is 26.0 Å². The maximum absolute atomic E-state index is 15.1. The lowest BCUT2D eigenvalue weighted by Gasteiger charge is -2.20. The molecule has 4 rings (SSSR count). The molecule has 0 amide bonds. The average molecular weight is 484 g/mol. The highest BCUT2D eigenvalue weighted by molar-refractivity contribution is 7.90. The van der Waals surface area contributed by atoms with Crippen LogP contribution in [0.15, 0.2) is 36.7 Å². The third kappa shape index (κ3) is 4.91. The Bertz CT molecular complexity index is 1300. The number of aromatic nitrogens is 2. The van der Waals surface area contributed by atoms with E-state index in [1.807, 2.05) is 20.8 Å². The van der Waals surface area contributed by atoms with Crippen molar-refractivity contribution in [1.29, 1.82) is 0 Å². The number of rotatable bonds is 7. The molecule has 3 aromatic rings. The lowest BCUT2D eigenvalue weighted by Crippen LogP contribution is -2.35. The fraction of sp³-hybridized carbons (Fsp3) is 0.435. The van der Waals surface area contributed by atoms with Crippen LogP contribution in [-0.4, -0.2) is 29.6 Å². The number of hydrogen-bond acceptors (Lipinski definition) is 3. The maximum atomic E-state index is 15.1. The first-order valence-electron chi connectivity index (χ1n) is 10.6. The zero-order valence-electron chi connectivity index (χ0n) is 18.4. The second kappa shape index (κ2) is 8.39. The summed E-state index contributed by atoms with van der Waals surface area (Å²) in [7, 11) is -3.93. The van der Waals surface area contributed by atoms with E-state index in [-0.39, 0.29) is 27.6 Å².